The van der Waals surface area contributed by atoms with E-state index in [0.29, 0.717) is 19.5 Å². The first kappa shape index (κ1) is 16.2. The van der Waals surface area contributed by atoms with E-state index in [4.69, 9.17) is 9.05 Å². The summed E-state index contributed by atoms with van der Waals surface area (Å²) in [6, 6.07) is 9.78. The number of carbonyl (C=O) groups is 1. The molecular weight excluding hydrogens is 289 g/mol. The van der Waals surface area contributed by atoms with Crippen LogP contribution < -0.4 is 0 Å². The average Bonchev–Trinajstić information content (AvgIpc) is 2.82. The van der Waals surface area contributed by atoms with Crippen LogP contribution in [-0.2, 0) is 25.0 Å². The Balaban J connectivity index is 2.08. The maximum atomic E-state index is 12.7. The van der Waals surface area contributed by atoms with Crippen LogP contribution in [0.3, 0.4) is 0 Å². The second kappa shape index (κ2) is 7.21. The molecule has 0 radical (unpaired) electrons. The summed E-state index contributed by atoms with van der Waals surface area (Å²) in [5, 5.41) is 0. The predicted molar refractivity (Wildman–Crippen MR) is 81.1 cm³/mol. The molecular formula is C15H22NO4P. The number of carbonyl (C=O) groups excluding carboxylic acids is 1. The molecule has 21 heavy (non-hydrogen) atoms. The van der Waals surface area contributed by atoms with Crippen LogP contribution in [-0.4, -0.2) is 36.2 Å². The third kappa shape index (κ3) is 3.73. The number of hydrogen-bond acceptors (Lipinski definition) is 4. The zero-order chi connectivity index (χ0) is 15.3. The highest BCUT2D eigenvalue weighted by Crippen LogP contribution is 2.56. The molecule has 6 heteroatoms. The molecule has 1 saturated heterocycles. The smallest absolute Gasteiger partial charge is 0.338 e. The lowest BCUT2D eigenvalue weighted by Crippen LogP contribution is -2.30. The lowest BCUT2D eigenvalue weighted by molar-refractivity contribution is -0.128. The molecule has 1 heterocycles. The molecule has 1 unspecified atom stereocenters. The number of nitrogens with zero attached hydrogens (tertiary/aromatic N) is 1. The topological polar surface area (TPSA) is 55.8 Å². The van der Waals surface area contributed by atoms with Crippen molar-refractivity contribution < 1.29 is 18.4 Å². The SMILES string of the molecule is CCOP(=O)(OCC)C1CCN(Cc2ccccc2)C1=O. The van der Waals surface area contributed by atoms with Gasteiger partial charge < -0.3 is 13.9 Å². The monoisotopic (exact) mass is 311 g/mol. The molecule has 2 rings (SSSR count). The number of benzene rings is 1. The van der Waals surface area contributed by atoms with E-state index in [1.165, 1.54) is 0 Å². The molecule has 1 aliphatic rings. The normalized spacial score (nSPS) is 19.2. The molecule has 0 bridgehead atoms. The molecule has 0 aromatic heterocycles. The Morgan fingerprint density at radius 3 is 2.38 bits per heavy atom. The lowest BCUT2D eigenvalue weighted by atomic mass is 10.2. The molecule has 1 aromatic rings. The van der Waals surface area contributed by atoms with Crippen molar-refractivity contribution in [1.82, 2.24) is 4.90 Å². The highest BCUT2D eigenvalue weighted by atomic mass is 31.2. The van der Waals surface area contributed by atoms with Crippen LogP contribution in [0.25, 0.3) is 0 Å². The Morgan fingerprint density at radius 1 is 1.19 bits per heavy atom. The van der Waals surface area contributed by atoms with Gasteiger partial charge in [0.2, 0.25) is 5.91 Å². The molecule has 1 amide bonds. The summed E-state index contributed by atoms with van der Waals surface area (Å²) in [6.07, 6.45) is 0.517. The number of amides is 1. The van der Waals surface area contributed by atoms with Gasteiger partial charge in [-0.1, -0.05) is 30.3 Å². The third-order valence-corrected chi connectivity index (χ3v) is 5.96. The predicted octanol–water partition coefficient (Wildman–Crippen LogP) is 3.05. The Labute approximate surface area is 125 Å². The minimum absolute atomic E-state index is 0.135. The van der Waals surface area contributed by atoms with Crippen LogP contribution in [0.5, 0.6) is 0 Å². The van der Waals surface area contributed by atoms with E-state index in [1.807, 2.05) is 30.3 Å². The second-order valence-electron chi connectivity index (χ2n) is 4.93. The Hall–Kier alpha value is -1.16. The van der Waals surface area contributed by atoms with Crippen LogP contribution in [0, 0.1) is 0 Å². The highest BCUT2D eigenvalue weighted by Gasteiger charge is 2.46. The molecule has 0 N–H and O–H groups in total. The molecule has 1 atom stereocenters. The fourth-order valence-electron chi connectivity index (χ4n) is 2.55. The molecule has 0 aliphatic carbocycles. The summed E-state index contributed by atoms with van der Waals surface area (Å²) in [7, 11) is -3.36. The zero-order valence-electron chi connectivity index (χ0n) is 12.5. The van der Waals surface area contributed by atoms with Gasteiger partial charge in [0, 0.05) is 13.1 Å². The van der Waals surface area contributed by atoms with Crippen molar-refractivity contribution in [3.8, 4) is 0 Å². The van der Waals surface area contributed by atoms with Gasteiger partial charge in [-0.2, -0.15) is 0 Å². The molecule has 0 spiro atoms. The minimum atomic E-state index is -3.36. The summed E-state index contributed by atoms with van der Waals surface area (Å²) in [5.41, 5.74) is 0.398. The van der Waals surface area contributed by atoms with Crippen molar-refractivity contribution in [1.29, 1.82) is 0 Å². The fourth-order valence-corrected chi connectivity index (χ4v) is 4.57. The molecule has 116 valence electrons. The molecule has 5 nitrogen and oxygen atoms in total. The largest absolute Gasteiger partial charge is 0.343 e. The van der Waals surface area contributed by atoms with Crippen molar-refractivity contribution in [3.05, 3.63) is 35.9 Å². The van der Waals surface area contributed by atoms with Crippen LogP contribution >= 0.6 is 7.60 Å². The van der Waals surface area contributed by atoms with Gasteiger partial charge in [-0.25, -0.2) is 0 Å². The molecule has 1 fully saturated rings. The van der Waals surface area contributed by atoms with E-state index in [0.717, 1.165) is 5.56 Å². The second-order valence-corrected chi connectivity index (χ2v) is 7.14. The van der Waals surface area contributed by atoms with E-state index in [9.17, 15) is 9.36 Å². The maximum Gasteiger partial charge on any atom is 0.343 e. The minimum Gasteiger partial charge on any atom is -0.338 e. The van der Waals surface area contributed by atoms with Gasteiger partial charge in [-0.05, 0) is 25.8 Å². The molecule has 1 aliphatic heterocycles. The number of hydrogen-bond donors (Lipinski definition) is 0. The van der Waals surface area contributed by atoms with Crippen molar-refractivity contribution in [2.75, 3.05) is 19.8 Å². The number of rotatable bonds is 7. The van der Waals surface area contributed by atoms with E-state index < -0.39 is 13.3 Å². The van der Waals surface area contributed by atoms with Crippen LogP contribution in [0.4, 0.5) is 0 Å². The van der Waals surface area contributed by atoms with Gasteiger partial charge in [-0.15, -0.1) is 0 Å². The first-order valence-corrected chi connectivity index (χ1v) is 8.93. The third-order valence-electron chi connectivity index (χ3n) is 3.49. The Bertz CT molecular complexity index is 510. The van der Waals surface area contributed by atoms with Crippen molar-refractivity contribution in [2.45, 2.75) is 32.5 Å². The van der Waals surface area contributed by atoms with E-state index >= 15 is 0 Å². The molecule has 1 aromatic carbocycles. The van der Waals surface area contributed by atoms with E-state index in [-0.39, 0.29) is 19.1 Å². The first-order chi connectivity index (χ1) is 10.1. The zero-order valence-corrected chi connectivity index (χ0v) is 13.4. The highest BCUT2D eigenvalue weighted by molar-refractivity contribution is 7.55. The van der Waals surface area contributed by atoms with Crippen LogP contribution in [0.15, 0.2) is 30.3 Å². The van der Waals surface area contributed by atoms with Gasteiger partial charge in [-0.3, -0.25) is 9.36 Å². The Morgan fingerprint density at radius 2 is 1.81 bits per heavy atom. The summed E-state index contributed by atoms with van der Waals surface area (Å²) in [4.78, 5) is 14.2. The van der Waals surface area contributed by atoms with Gasteiger partial charge in [0.15, 0.2) is 0 Å². The standard InChI is InChI=1S/C15H22NO4P/c1-3-19-21(18,20-4-2)14-10-11-16(15(14)17)12-13-8-6-5-7-9-13/h5-9,14H,3-4,10-12H2,1-2H3. The summed E-state index contributed by atoms with van der Waals surface area (Å²) in [5.74, 6) is -0.135. The van der Waals surface area contributed by atoms with Crippen molar-refractivity contribution in [3.63, 3.8) is 0 Å². The van der Waals surface area contributed by atoms with Crippen LogP contribution in [0.1, 0.15) is 25.8 Å². The Kier molecular flexibility index (Phi) is 5.57. The van der Waals surface area contributed by atoms with E-state index in [1.54, 1.807) is 18.7 Å². The average molecular weight is 311 g/mol. The number of likely N-dealkylation sites (tertiary alicyclic amines) is 1. The fraction of sp³-hybridized carbons (Fsp3) is 0.533. The lowest BCUT2D eigenvalue weighted by Gasteiger charge is -2.22. The van der Waals surface area contributed by atoms with Crippen LogP contribution in [0.2, 0.25) is 0 Å². The van der Waals surface area contributed by atoms with Gasteiger partial charge >= 0.3 is 7.60 Å². The maximum absolute atomic E-state index is 12.7. The van der Waals surface area contributed by atoms with Crippen molar-refractivity contribution >= 4 is 13.5 Å². The summed E-state index contributed by atoms with van der Waals surface area (Å²) >= 11 is 0. The van der Waals surface area contributed by atoms with Crippen molar-refractivity contribution in [2.24, 2.45) is 0 Å². The first-order valence-electron chi connectivity index (χ1n) is 7.32. The summed E-state index contributed by atoms with van der Waals surface area (Å²) in [6.45, 7) is 5.19. The van der Waals surface area contributed by atoms with Gasteiger partial charge in [0.1, 0.15) is 5.66 Å². The van der Waals surface area contributed by atoms with Gasteiger partial charge in [0.25, 0.3) is 0 Å². The molecule has 0 saturated carbocycles. The quantitative estimate of drug-likeness (QED) is 0.726. The van der Waals surface area contributed by atoms with Gasteiger partial charge in [0.05, 0.1) is 13.2 Å². The summed E-state index contributed by atoms with van der Waals surface area (Å²) < 4.78 is 23.3. The van der Waals surface area contributed by atoms with E-state index in [2.05, 4.69) is 0 Å².